The molecule has 20 heavy (non-hydrogen) atoms. The molecule has 1 unspecified atom stereocenters. The Bertz CT molecular complexity index is 526. The Labute approximate surface area is 123 Å². The summed E-state index contributed by atoms with van der Waals surface area (Å²) in [6.07, 6.45) is 0. The van der Waals surface area contributed by atoms with Crippen molar-refractivity contribution in [2.24, 2.45) is 0 Å². The van der Waals surface area contributed by atoms with Crippen LogP contribution in [0, 0.1) is 6.92 Å². The second kappa shape index (κ2) is 7.20. The Kier molecular flexibility index (Phi) is 6.17. The van der Waals surface area contributed by atoms with E-state index in [1.807, 2.05) is 45.0 Å². The monoisotopic (exact) mass is 298 g/mol. The molecule has 0 amide bonds. The van der Waals surface area contributed by atoms with Crippen molar-refractivity contribution in [3.05, 3.63) is 35.4 Å². The first kappa shape index (κ1) is 17.1. The lowest BCUT2D eigenvalue weighted by Crippen LogP contribution is -2.41. The third-order valence-corrected chi connectivity index (χ3v) is 5.43. The van der Waals surface area contributed by atoms with Crippen LogP contribution >= 0.6 is 0 Å². The normalized spacial score (nSPS) is 13.9. The van der Waals surface area contributed by atoms with Crippen LogP contribution in [-0.4, -0.2) is 37.6 Å². The fourth-order valence-corrected chi connectivity index (χ4v) is 3.22. The molecule has 0 bridgehead atoms. The van der Waals surface area contributed by atoms with Crippen molar-refractivity contribution in [2.75, 3.05) is 13.6 Å². The van der Waals surface area contributed by atoms with Gasteiger partial charge >= 0.3 is 0 Å². The van der Waals surface area contributed by atoms with E-state index in [-0.39, 0.29) is 6.04 Å². The van der Waals surface area contributed by atoms with Gasteiger partial charge in [0, 0.05) is 26.2 Å². The number of sulfonamides is 1. The summed E-state index contributed by atoms with van der Waals surface area (Å²) in [5, 5.41) is 2.74. The highest BCUT2D eigenvalue weighted by Crippen LogP contribution is 2.12. The molecule has 5 heteroatoms. The van der Waals surface area contributed by atoms with E-state index in [1.54, 1.807) is 14.0 Å². The van der Waals surface area contributed by atoms with Gasteiger partial charge in [-0.25, -0.2) is 12.7 Å². The molecule has 114 valence electrons. The van der Waals surface area contributed by atoms with Crippen molar-refractivity contribution in [1.29, 1.82) is 0 Å². The summed E-state index contributed by atoms with van der Waals surface area (Å²) in [5.74, 6) is 0. The predicted octanol–water partition coefficient (Wildman–Crippen LogP) is 2.14. The first-order chi connectivity index (χ1) is 9.23. The Morgan fingerprint density at radius 3 is 2.45 bits per heavy atom. The molecule has 1 aromatic rings. The van der Waals surface area contributed by atoms with Gasteiger partial charge in [-0.05, 0) is 19.4 Å². The molecule has 1 N–H and O–H groups in total. The van der Waals surface area contributed by atoms with Gasteiger partial charge in [0.25, 0.3) is 0 Å². The van der Waals surface area contributed by atoms with Crippen LogP contribution in [0.5, 0.6) is 0 Å². The molecule has 1 rings (SSSR count). The van der Waals surface area contributed by atoms with E-state index in [2.05, 4.69) is 5.32 Å². The average molecular weight is 298 g/mol. The number of benzene rings is 1. The summed E-state index contributed by atoms with van der Waals surface area (Å²) in [5.41, 5.74) is 2.16. The lowest BCUT2D eigenvalue weighted by Gasteiger charge is -2.23. The van der Waals surface area contributed by atoms with Gasteiger partial charge in [0.15, 0.2) is 0 Å². The smallest absolute Gasteiger partial charge is 0.218 e. The van der Waals surface area contributed by atoms with E-state index in [0.29, 0.717) is 13.1 Å². The fourth-order valence-electron chi connectivity index (χ4n) is 1.97. The zero-order valence-electron chi connectivity index (χ0n) is 13.1. The largest absolute Gasteiger partial charge is 0.313 e. The van der Waals surface area contributed by atoms with Crippen LogP contribution in [0.15, 0.2) is 24.3 Å². The van der Waals surface area contributed by atoms with Crippen molar-refractivity contribution in [3.8, 4) is 0 Å². The zero-order valence-corrected chi connectivity index (χ0v) is 13.9. The van der Waals surface area contributed by atoms with Crippen molar-refractivity contribution in [1.82, 2.24) is 9.62 Å². The lowest BCUT2D eigenvalue weighted by molar-refractivity contribution is 0.450. The van der Waals surface area contributed by atoms with Gasteiger partial charge in [0.1, 0.15) is 0 Å². The predicted molar refractivity (Wildman–Crippen MR) is 84.2 cm³/mol. The highest BCUT2D eigenvalue weighted by atomic mass is 32.2. The summed E-state index contributed by atoms with van der Waals surface area (Å²) in [4.78, 5) is 0. The topological polar surface area (TPSA) is 49.4 Å². The minimum absolute atomic E-state index is 0.287. The maximum Gasteiger partial charge on any atom is 0.218 e. The van der Waals surface area contributed by atoms with Crippen molar-refractivity contribution < 1.29 is 8.42 Å². The molecule has 0 saturated heterocycles. The molecule has 0 heterocycles. The van der Waals surface area contributed by atoms with Gasteiger partial charge in [-0.15, -0.1) is 0 Å². The zero-order chi connectivity index (χ0) is 15.3. The second-order valence-electron chi connectivity index (χ2n) is 5.66. The number of nitrogens with one attached hydrogen (secondary N) is 1. The van der Waals surface area contributed by atoms with Crippen molar-refractivity contribution in [3.63, 3.8) is 0 Å². The molecular formula is C15H26N2O2S. The average Bonchev–Trinajstić information content (AvgIpc) is 2.35. The number of aryl methyl sites for hydroxylation is 1. The first-order valence-electron chi connectivity index (χ1n) is 6.97. The van der Waals surface area contributed by atoms with Crippen LogP contribution in [0.1, 0.15) is 31.9 Å². The summed E-state index contributed by atoms with van der Waals surface area (Å²) in [7, 11) is -1.63. The Hall–Kier alpha value is -0.910. The van der Waals surface area contributed by atoms with Crippen LogP contribution < -0.4 is 5.32 Å². The Balaban J connectivity index is 2.71. The van der Waals surface area contributed by atoms with Gasteiger partial charge in [-0.1, -0.05) is 43.7 Å². The second-order valence-corrected chi connectivity index (χ2v) is 8.12. The van der Waals surface area contributed by atoms with Gasteiger partial charge in [0.2, 0.25) is 10.0 Å². The first-order valence-corrected chi connectivity index (χ1v) is 8.48. The van der Waals surface area contributed by atoms with E-state index < -0.39 is 15.3 Å². The minimum atomic E-state index is -3.27. The van der Waals surface area contributed by atoms with Crippen molar-refractivity contribution in [2.45, 2.75) is 45.5 Å². The van der Waals surface area contributed by atoms with Crippen LogP contribution in [0.25, 0.3) is 0 Å². The molecule has 4 nitrogen and oxygen atoms in total. The fraction of sp³-hybridized carbons (Fsp3) is 0.600. The van der Waals surface area contributed by atoms with E-state index in [1.165, 1.54) is 4.31 Å². The maximum absolute atomic E-state index is 12.4. The number of rotatable bonds is 7. The third-order valence-electron chi connectivity index (χ3n) is 3.24. The number of hydrogen-bond acceptors (Lipinski definition) is 3. The van der Waals surface area contributed by atoms with Gasteiger partial charge in [-0.2, -0.15) is 0 Å². The highest BCUT2D eigenvalue weighted by Gasteiger charge is 2.25. The summed E-state index contributed by atoms with van der Waals surface area (Å²) < 4.78 is 26.3. The molecule has 0 radical (unpaired) electrons. The van der Waals surface area contributed by atoms with E-state index in [9.17, 15) is 8.42 Å². The number of hydrogen-bond donors (Lipinski definition) is 1. The molecule has 0 aliphatic carbocycles. The lowest BCUT2D eigenvalue weighted by atomic mass is 10.1. The Morgan fingerprint density at radius 2 is 1.90 bits per heavy atom. The molecular weight excluding hydrogens is 272 g/mol. The van der Waals surface area contributed by atoms with Crippen LogP contribution in [0.2, 0.25) is 0 Å². The van der Waals surface area contributed by atoms with Crippen LogP contribution in [-0.2, 0) is 16.6 Å². The van der Waals surface area contributed by atoms with Crippen LogP contribution in [0.3, 0.4) is 0 Å². The van der Waals surface area contributed by atoms with E-state index in [0.717, 1.165) is 11.1 Å². The SMILES string of the molecule is Cc1cccc(CN(C)S(=O)(=O)C(C)CNC(C)C)c1. The molecule has 0 aliphatic heterocycles. The van der Waals surface area contributed by atoms with E-state index >= 15 is 0 Å². The molecule has 1 atom stereocenters. The summed E-state index contributed by atoms with van der Waals surface area (Å²) in [6, 6.07) is 8.22. The summed E-state index contributed by atoms with van der Waals surface area (Å²) in [6.45, 7) is 8.66. The quantitative estimate of drug-likeness (QED) is 0.839. The third kappa shape index (κ3) is 4.89. The van der Waals surface area contributed by atoms with Gasteiger partial charge in [0.05, 0.1) is 5.25 Å². The molecule has 0 aromatic heterocycles. The molecule has 1 aromatic carbocycles. The minimum Gasteiger partial charge on any atom is -0.313 e. The molecule has 0 saturated carbocycles. The molecule has 0 spiro atoms. The van der Waals surface area contributed by atoms with Gasteiger partial charge in [-0.3, -0.25) is 0 Å². The molecule has 0 aliphatic rings. The van der Waals surface area contributed by atoms with E-state index in [4.69, 9.17) is 0 Å². The van der Waals surface area contributed by atoms with Gasteiger partial charge < -0.3 is 5.32 Å². The maximum atomic E-state index is 12.4. The highest BCUT2D eigenvalue weighted by molar-refractivity contribution is 7.89. The Morgan fingerprint density at radius 1 is 1.25 bits per heavy atom. The molecule has 0 fully saturated rings. The number of nitrogens with zero attached hydrogens (tertiary/aromatic N) is 1. The van der Waals surface area contributed by atoms with Crippen molar-refractivity contribution >= 4 is 10.0 Å². The van der Waals surface area contributed by atoms with Crippen LogP contribution in [0.4, 0.5) is 0 Å². The summed E-state index contributed by atoms with van der Waals surface area (Å²) >= 11 is 0. The standard InChI is InChI=1S/C15H26N2O2S/c1-12(2)16-10-14(4)20(18,19)17(5)11-15-8-6-7-13(3)9-15/h6-9,12,14,16H,10-11H2,1-5H3.